The predicted molar refractivity (Wildman–Crippen MR) is 36.2 cm³/mol. The lowest BCUT2D eigenvalue weighted by Gasteiger charge is -2.22. The van der Waals surface area contributed by atoms with Gasteiger partial charge in [0.1, 0.15) is 0 Å². The van der Waals surface area contributed by atoms with Crippen LogP contribution in [0.1, 0.15) is 13.3 Å². The molecule has 3 heteroatoms. The van der Waals surface area contributed by atoms with Gasteiger partial charge in [0.05, 0.1) is 6.04 Å². The highest BCUT2D eigenvalue weighted by atomic mass is 35.5. The van der Waals surface area contributed by atoms with Crippen molar-refractivity contribution in [1.82, 2.24) is 5.32 Å². The molecular formula is C6H8ClNO. The minimum atomic E-state index is -0.0220. The minimum absolute atomic E-state index is 0.0220. The third kappa shape index (κ3) is 1.45. The maximum atomic E-state index is 10.4. The summed E-state index contributed by atoms with van der Waals surface area (Å²) in [5.41, 5.74) is 0. The molecule has 0 fully saturated rings. The van der Waals surface area contributed by atoms with Crippen LogP contribution in [-0.2, 0) is 4.79 Å². The van der Waals surface area contributed by atoms with Crippen LogP contribution in [0.4, 0.5) is 0 Å². The zero-order chi connectivity index (χ0) is 6.85. The Morgan fingerprint density at radius 1 is 2.00 bits per heavy atom. The molecule has 0 unspecified atom stereocenters. The lowest BCUT2D eigenvalue weighted by molar-refractivity contribution is -0.119. The maximum absolute atomic E-state index is 10.4. The molecule has 0 saturated carbocycles. The molecule has 0 heterocycles. The van der Waals surface area contributed by atoms with Gasteiger partial charge in [0.15, 0.2) is 0 Å². The van der Waals surface area contributed by atoms with Crippen molar-refractivity contribution < 1.29 is 4.79 Å². The second kappa shape index (κ2) is 2.40. The van der Waals surface area contributed by atoms with Gasteiger partial charge in [0, 0.05) is 12.0 Å². The molecule has 2 nitrogen and oxygen atoms in total. The smallest absolute Gasteiger partial charge is 0.217 e. The average Bonchev–Trinajstić information content (AvgIpc) is 1.79. The number of hydrogen-bond acceptors (Lipinski definition) is 1. The number of amides is 1. The van der Waals surface area contributed by atoms with Crippen LogP contribution in [-0.4, -0.2) is 11.9 Å². The molecule has 0 aliphatic heterocycles. The molecule has 0 aromatic heterocycles. The third-order valence-corrected chi connectivity index (χ3v) is 1.68. The van der Waals surface area contributed by atoms with Crippen molar-refractivity contribution in [3.8, 4) is 0 Å². The topological polar surface area (TPSA) is 29.1 Å². The minimum Gasteiger partial charge on any atom is -0.348 e. The van der Waals surface area contributed by atoms with Gasteiger partial charge < -0.3 is 5.32 Å². The van der Waals surface area contributed by atoms with Gasteiger partial charge in [0.25, 0.3) is 0 Å². The van der Waals surface area contributed by atoms with E-state index < -0.39 is 0 Å². The fourth-order valence-electron chi connectivity index (χ4n) is 0.698. The fraction of sp³-hybridized carbons (Fsp3) is 0.500. The van der Waals surface area contributed by atoms with Crippen LogP contribution in [0.5, 0.6) is 0 Å². The van der Waals surface area contributed by atoms with E-state index in [1.165, 1.54) is 6.92 Å². The van der Waals surface area contributed by atoms with E-state index in [0.29, 0.717) is 0 Å². The van der Waals surface area contributed by atoms with Crippen molar-refractivity contribution in [3.63, 3.8) is 0 Å². The van der Waals surface area contributed by atoms with E-state index in [9.17, 15) is 4.79 Å². The summed E-state index contributed by atoms with van der Waals surface area (Å²) >= 11 is 5.61. The molecule has 1 atom stereocenters. The van der Waals surface area contributed by atoms with E-state index in [4.69, 9.17) is 11.6 Å². The van der Waals surface area contributed by atoms with Gasteiger partial charge >= 0.3 is 0 Å². The van der Waals surface area contributed by atoms with Crippen LogP contribution in [0.25, 0.3) is 0 Å². The Morgan fingerprint density at radius 3 is 2.78 bits per heavy atom. The first-order valence-electron chi connectivity index (χ1n) is 2.83. The number of hydrogen-bond donors (Lipinski definition) is 1. The summed E-state index contributed by atoms with van der Waals surface area (Å²) in [5, 5.41) is 3.44. The second-order valence-electron chi connectivity index (χ2n) is 2.08. The lowest BCUT2D eigenvalue weighted by Crippen LogP contribution is -2.36. The quantitative estimate of drug-likeness (QED) is 0.587. The van der Waals surface area contributed by atoms with Crippen molar-refractivity contribution in [2.45, 2.75) is 19.4 Å². The highest BCUT2D eigenvalue weighted by Crippen LogP contribution is 2.22. The summed E-state index contributed by atoms with van der Waals surface area (Å²) < 4.78 is 0. The van der Waals surface area contributed by atoms with Gasteiger partial charge in [-0.15, -0.1) is 0 Å². The number of carbonyl (C=O) groups is 1. The van der Waals surface area contributed by atoms with Gasteiger partial charge in [-0.2, -0.15) is 0 Å². The normalized spacial score (nSPS) is 24.2. The van der Waals surface area contributed by atoms with Gasteiger partial charge in [-0.1, -0.05) is 17.7 Å². The SMILES string of the molecule is CC(=O)N[C@H]1CC=C1Cl. The molecular weight excluding hydrogens is 138 g/mol. The Balaban J connectivity index is 2.32. The van der Waals surface area contributed by atoms with E-state index in [2.05, 4.69) is 5.32 Å². The predicted octanol–water partition coefficient (Wildman–Crippen LogP) is 1.02. The molecule has 0 aromatic rings. The van der Waals surface area contributed by atoms with Crippen LogP contribution in [0.2, 0.25) is 0 Å². The molecule has 1 rings (SSSR count). The van der Waals surface area contributed by atoms with Gasteiger partial charge in [-0.3, -0.25) is 4.79 Å². The third-order valence-electron chi connectivity index (χ3n) is 1.26. The van der Waals surface area contributed by atoms with Crippen molar-refractivity contribution in [2.24, 2.45) is 0 Å². The summed E-state index contributed by atoms with van der Waals surface area (Å²) in [6.07, 6.45) is 2.76. The maximum Gasteiger partial charge on any atom is 0.217 e. The zero-order valence-corrected chi connectivity index (χ0v) is 5.90. The monoisotopic (exact) mass is 145 g/mol. The van der Waals surface area contributed by atoms with Crippen LogP contribution >= 0.6 is 11.6 Å². The largest absolute Gasteiger partial charge is 0.348 e. The van der Waals surface area contributed by atoms with Gasteiger partial charge in [-0.25, -0.2) is 0 Å². The molecule has 0 saturated heterocycles. The summed E-state index contributed by atoms with van der Waals surface area (Å²) in [4.78, 5) is 10.4. The molecule has 1 N–H and O–H groups in total. The Hall–Kier alpha value is -0.500. The standard InChI is InChI=1S/C6H8ClNO/c1-4(9)8-6-3-2-5(6)7/h2,6H,3H2,1H3,(H,8,9)/t6-/m0/s1. The van der Waals surface area contributed by atoms with E-state index in [1.54, 1.807) is 0 Å². The summed E-state index contributed by atoms with van der Waals surface area (Å²) in [7, 11) is 0. The molecule has 1 amide bonds. The van der Waals surface area contributed by atoms with Crippen molar-refractivity contribution in [1.29, 1.82) is 0 Å². The molecule has 1 aliphatic carbocycles. The number of rotatable bonds is 1. The van der Waals surface area contributed by atoms with Crippen molar-refractivity contribution in [2.75, 3.05) is 0 Å². The van der Waals surface area contributed by atoms with E-state index in [1.807, 2.05) is 6.08 Å². The van der Waals surface area contributed by atoms with Crippen molar-refractivity contribution in [3.05, 3.63) is 11.1 Å². The highest BCUT2D eigenvalue weighted by Gasteiger charge is 2.19. The lowest BCUT2D eigenvalue weighted by atomic mass is 10.0. The molecule has 0 radical (unpaired) electrons. The van der Waals surface area contributed by atoms with Gasteiger partial charge in [-0.05, 0) is 6.42 Å². The van der Waals surface area contributed by atoms with Gasteiger partial charge in [0.2, 0.25) is 5.91 Å². The summed E-state index contributed by atoms with van der Waals surface area (Å²) in [5.74, 6) is -0.0220. The molecule has 1 aliphatic rings. The molecule has 50 valence electrons. The van der Waals surface area contributed by atoms with Crippen LogP contribution in [0, 0.1) is 0 Å². The average molecular weight is 146 g/mol. The summed E-state index contributed by atoms with van der Waals surface area (Å²) in [6, 6.07) is 0.101. The van der Waals surface area contributed by atoms with Crippen LogP contribution in [0.3, 0.4) is 0 Å². The molecule has 9 heavy (non-hydrogen) atoms. The van der Waals surface area contributed by atoms with E-state index in [0.717, 1.165) is 11.5 Å². The molecule has 0 bridgehead atoms. The second-order valence-corrected chi connectivity index (χ2v) is 2.51. The molecule has 0 spiro atoms. The van der Waals surface area contributed by atoms with E-state index in [-0.39, 0.29) is 11.9 Å². The first-order chi connectivity index (χ1) is 4.20. The van der Waals surface area contributed by atoms with Crippen molar-refractivity contribution >= 4 is 17.5 Å². The van der Waals surface area contributed by atoms with Crippen LogP contribution in [0.15, 0.2) is 11.1 Å². The molecule has 0 aromatic carbocycles. The number of nitrogens with one attached hydrogen (secondary N) is 1. The highest BCUT2D eigenvalue weighted by molar-refractivity contribution is 6.31. The Bertz CT molecular complexity index is 164. The van der Waals surface area contributed by atoms with Crippen LogP contribution < -0.4 is 5.32 Å². The zero-order valence-electron chi connectivity index (χ0n) is 5.15. The summed E-state index contributed by atoms with van der Waals surface area (Å²) in [6.45, 7) is 1.49. The number of halogens is 1. The Kier molecular flexibility index (Phi) is 1.76. The van der Waals surface area contributed by atoms with E-state index >= 15 is 0 Å². The first-order valence-corrected chi connectivity index (χ1v) is 3.20. The Labute approximate surface area is 58.9 Å². The Morgan fingerprint density at radius 2 is 2.67 bits per heavy atom. The number of carbonyl (C=O) groups excluding carboxylic acids is 1. The fourth-order valence-corrected chi connectivity index (χ4v) is 0.931. The first kappa shape index (κ1) is 6.62.